The molecule has 110 valence electrons. The van der Waals surface area contributed by atoms with Crippen molar-refractivity contribution in [1.29, 1.82) is 0 Å². The highest BCUT2D eigenvalue weighted by Crippen LogP contribution is 2.21. The smallest absolute Gasteiger partial charge is 0.240 e. The Bertz CT molecular complexity index is 611. The molecule has 1 aliphatic carbocycles. The van der Waals surface area contributed by atoms with Crippen LogP contribution < -0.4 is 10.5 Å². The van der Waals surface area contributed by atoms with Gasteiger partial charge >= 0.3 is 0 Å². The Kier molecular flexibility index (Phi) is 4.72. The molecule has 20 heavy (non-hydrogen) atoms. The third-order valence-electron chi connectivity index (χ3n) is 3.44. The highest BCUT2D eigenvalue weighted by atomic mass is 32.2. The van der Waals surface area contributed by atoms with Crippen LogP contribution in [0.1, 0.15) is 37.7 Å². The van der Waals surface area contributed by atoms with Gasteiger partial charge in [0, 0.05) is 11.6 Å². The first-order valence-electron chi connectivity index (χ1n) is 6.52. The second-order valence-electron chi connectivity index (χ2n) is 4.96. The summed E-state index contributed by atoms with van der Waals surface area (Å²) in [7, 11) is -3.66. The molecule has 0 amide bonds. The predicted octanol–water partition coefficient (Wildman–Crippen LogP) is 2.07. The van der Waals surface area contributed by atoms with E-state index in [0.717, 1.165) is 38.2 Å². The maximum absolute atomic E-state index is 13.5. The zero-order chi connectivity index (χ0) is 14.8. The Labute approximate surface area is 123 Å². The number of sulfonamides is 1. The van der Waals surface area contributed by atoms with E-state index in [9.17, 15) is 12.8 Å². The van der Waals surface area contributed by atoms with Gasteiger partial charge in [-0.2, -0.15) is 0 Å². The van der Waals surface area contributed by atoms with Gasteiger partial charge in [-0.3, -0.25) is 0 Å². The van der Waals surface area contributed by atoms with E-state index in [-0.39, 0.29) is 21.5 Å². The fourth-order valence-electron chi connectivity index (χ4n) is 2.37. The molecule has 1 aromatic carbocycles. The van der Waals surface area contributed by atoms with Crippen LogP contribution in [0.4, 0.5) is 4.39 Å². The van der Waals surface area contributed by atoms with Crippen LogP contribution in [0, 0.1) is 5.82 Å². The minimum atomic E-state index is -3.66. The molecule has 0 heterocycles. The molecule has 2 rings (SSSR count). The molecule has 4 nitrogen and oxygen atoms in total. The van der Waals surface area contributed by atoms with Gasteiger partial charge in [-0.25, -0.2) is 17.5 Å². The number of rotatable bonds is 4. The molecule has 7 heteroatoms. The molecule has 1 aromatic rings. The van der Waals surface area contributed by atoms with Gasteiger partial charge in [-0.05, 0) is 31.0 Å². The molecule has 1 saturated carbocycles. The van der Waals surface area contributed by atoms with E-state index < -0.39 is 15.8 Å². The number of thiocarbonyl (C=S) groups is 1. The summed E-state index contributed by atoms with van der Waals surface area (Å²) in [6.07, 6.45) is 4.86. The molecule has 0 radical (unpaired) electrons. The minimum absolute atomic E-state index is 0.00715. The van der Waals surface area contributed by atoms with Crippen molar-refractivity contribution in [2.75, 3.05) is 0 Å². The molecule has 1 fully saturated rings. The summed E-state index contributed by atoms with van der Waals surface area (Å²) in [5, 5.41) is 0. The van der Waals surface area contributed by atoms with Gasteiger partial charge in [0.15, 0.2) is 0 Å². The Hall–Kier alpha value is -1.05. The van der Waals surface area contributed by atoms with E-state index in [2.05, 4.69) is 4.72 Å². The SMILES string of the molecule is NC(=S)c1cc(S(=O)(=O)NC2CCCCC2)ccc1F. The largest absolute Gasteiger partial charge is 0.389 e. The van der Waals surface area contributed by atoms with Crippen molar-refractivity contribution < 1.29 is 12.8 Å². The lowest BCUT2D eigenvalue weighted by Gasteiger charge is -2.22. The van der Waals surface area contributed by atoms with Gasteiger partial charge in [0.05, 0.1) is 4.90 Å². The molecule has 0 atom stereocenters. The Balaban J connectivity index is 2.24. The van der Waals surface area contributed by atoms with Gasteiger partial charge in [0.25, 0.3) is 0 Å². The predicted molar refractivity (Wildman–Crippen MR) is 79.5 cm³/mol. The van der Waals surface area contributed by atoms with Crippen LogP contribution >= 0.6 is 12.2 Å². The van der Waals surface area contributed by atoms with Crippen LogP contribution in [0.2, 0.25) is 0 Å². The lowest BCUT2D eigenvalue weighted by atomic mass is 9.96. The van der Waals surface area contributed by atoms with Gasteiger partial charge in [-0.15, -0.1) is 0 Å². The minimum Gasteiger partial charge on any atom is -0.389 e. The highest BCUT2D eigenvalue weighted by Gasteiger charge is 2.22. The number of hydrogen-bond acceptors (Lipinski definition) is 3. The first-order valence-corrected chi connectivity index (χ1v) is 8.41. The molecule has 3 N–H and O–H groups in total. The van der Waals surface area contributed by atoms with E-state index in [1.165, 1.54) is 12.1 Å². The van der Waals surface area contributed by atoms with Crippen molar-refractivity contribution in [3.8, 4) is 0 Å². The molecule has 0 aliphatic heterocycles. The number of nitrogens with two attached hydrogens (primary N) is 1. The van der Waals surface area contributed by atoms with Crippen LogP contribution in [-0.2, 0) is 10.0 Å². The summed E-state index contributed by atoms with van der Waals surface area (Å²) in [5.41, 5.74) is 5.34. The molecule has 0 spiro atoms. The standard InChI is InChI=1S/C13H17FN2O2S2/c14-12-7-6-10(8-11(12)13(15)19)20(17,18)16-9-4-2-1-3-5-9/h6-9,16H,1-5H2,(H2,15,19). The monoisotopic (exact) mass is 316 g/mol. The van der Waals surface area contributed by atoms with Crippen molar-refractivity contribution >= 4 is 27.2 Å². The van der Waals surface area contributed by atoms with Gasteiger partial charge in [0.2, 0.25) is 10.0 Å². The molecule has 0 saturated heterocycles. The molecule has 1 aliphatic rings. The van der Waals surface area contributed by atoms with Crippen molar-refractivity contribution in [3.63, 3.8) is 0 Å². The van der Waals surface area contributed by atoms with Gasteiger partial charge in [-0.1, -0.05) is 31.5 Å². The van der Waals surface area contributed by atoms with E-state index >= 15 is 0 Å². The third kappa shape index (κ3) is 3.53. The number of hydrogen-bond donors (Lipinski definition) is 2. The Morgan fingerprint density at radius 2 is 1.95 bits per heavy atom. The van der Waals surface area contributed by atoms with Crippen LogP contribution in [0.15, 0.2) is 23.1 Å². The highest BCUT2D eigenvalue weighted by molar-refractivity contribution is 7.89. The summed E-state index contributed by atoms with van der Waals surface area (Å²) in [6.45, 7) is 0. The summed E-state index contributed by atoms with van der Waals surface area (Å²) in [5.74, 6) is -0.617. The maximum atomic E-state index is 13.5. The van der Waals surface area contributed by atoms with Crippen molar-refractivity contribution in [3.05, 3.63) is 29.6 Å². The van der Waals surface area contributed by atoms with E-state index in [0.29, 0.717) is 0 Å². The first kappa shape index (κ1) is 15.3. The number of nitrogens with one attached hydrogen (secondary N) is 1. The quantitative estimate of drug-likeness (QED) is 0.834. The first-order chi connectivity index (χ1) is 9.40. The summed E-state index contributed by atoms with van der Waals surface area (Å²) in [4.78, 5) is -0.163. The summed E-state index contributed by atoms with van der Waals surface area (Å²) >= 11 is 4.72. The maximum Gasteiger partial charge on any atom is 0.240 e. The molecular formula is C13H17FN2O2S2. The number of benzene rings is 1. The molecule has 0 bridgehead atoms. The number of halogens is 1. The Morgan fingerprint density at radius 3 is 2.55 bits per heavy atom. The van der Waals surface area contributed by atoms with Crippen LogP contribution in [0.3, 0.4) is 0 Å². The van der Waals surface area contributed by atoms with Crippen LogP contribution in [0.25, 0.3) is 0 Å². The second-order valence-corrected chi connectivity index (χ2v) is 7.12. The molecular weight excluding hydrogens is 299 g/mol. The lowest BCUT2D eigenvalue weighted by Crippen LogP contribution is -2.36. The topological polar surface area (TPSA) is 72.2 Å². The average molecular weight is 316 g/mol. The summed E-state index contributed by atoms with van der Waals surface area (Å²) < 4.78 is 40.7. The summed E-state index contributed by atoms with van der Waals surface area (Å²) in [6, 6.07) is 3.43. The van der Waals surface area contributed by atoms with Gasteiger partial charge < -0.3 is 5.73 Å². The van der Waals surface area contributed by atoms with E-state index in [4.69, 9.17) is 18.0 Å². The molecule has 0 aromatic heterocycles. The van der Waals surface area contributed by atoms with Crippen LogP contribution in [-0.4, -0.2) is 19.4 Å². The third-order valence-corrected chi connectivity index (χ3v) is 5.18. The zero-order valence-corrected chi connectivity index (χ0v) is 12.6. The fraction of sp³-hybridized carbons (Fsp3) is 0.462. The van der Waals surface area contributed by atoms with Crippen molar-refractivity contribution in [2.45, 2.75) is 43.0 Å². The van der Waals surface area contributed by atoms with Gasteiger partial charge in [0.1, 0.15) is 10.8 Å². The molecule has 0 unspecified atom stereocenters. The van der Waals surface area contributed by atoms with Crippen molar-refractivity contribution in [2.24, 2.45) is 5.73 Å². The zero-order valence-electron chi connectivity index (χ0n) is 10.9. The average Bonchev–Trinajstić information content (AvgIpc) is 2.39. The lowest BCUT2D eigenvalue weighted by molar-refractivity contribution is 0.412. The Morgan fingerprint density at radius 1 is 1.30 bits per heavy atom. The van der Waals surface area contributed by atoms with Crippen molar-refractivity contribution in [1.82, 2.24) is 4.72 Å². The fourth-order valence-corrected chi connectivity index (χ4v) is 3.86. The second kappa shape index (κ2) is 6.15. The van der Waals surface area contributed by atoms with E-state index in [1.54, 1.807) is 0 Å². The van der Waals surface area contributed by atoms with E-state index in [1.807, 2.05) is 0 Å². The van der Waals surface area contributed by atoms with Crippen LogP contribution in [0.5, 0.6) is 0 Å². The normalized spacial score (nSPS) is 17.1.